The molecule has 0 aliphatic heterocycles. The molecule has 0 fully saturated rings. The lowest BCUT2D eigenvalue weighted by molar-refractivity contribution is 0.471. The Morgan fingerprint density at radius 2 is 1.45 bits per heavy atom. The van der Waals surface area contributed by atoms with Gasteiger partial charge in [-0.1, -0.05) is 61.5 Å². The number of fused-ring (bicyclic) bond motifs is 1. The van der Waals surface area contributed by atoms with Crippen LogP contribution >= 0.6 is 0 Å². The van der Waals surface area contributed by atoms with Gasteiger partial charge in [-0.15, -0.1) is 0 Å². The van der Waals surface area contributed by atoms with Crippen LogP contribution in [0.2, 0.25) is 0 Å². The van der Waals surface area contributed by atoms with Crippen molar-refractivity contribution in [3.63, 3.8) is 0 Å². The van der Waals surface area contributed by atoms with Crippen molar-refractivity contribution >= 4 is 10.8 Å². The van der Waals surface area contributed by atoms with Crippen LogP contribution in [0.4, 0.5) is 0 Å². The fourth-order valence-corrected chi connectivity index (χ4v) is 2.62. The molecule has 3 aromatic carbocycles. The fraction of sp³-hybridized carbons (Fsp3) is 0.158. The van der Waals surface area contributed by atoms with Crippen molar-refractivity contribution in [2.24, 2.45) is 0 Å². The summed E-state index contributed by atoms with van der Waals surface area (Å²) in [6, 6.07) is 20.9. The van der Waals surface area contributed by atoms with Crippen molar-refractivity contribution in [1.29, 1.82) is 0 Å². The maximum absolute atomic E-state index is 9.64. The minimum Gasteiger partial charge on any atom is -0.508 e. The third-order valence-corrected chi connectivity index (χ3v) is 3.99. The Bertz CT molecular complexity index is 759. The van der Waals surface area contributed by atoms with Crippen molar-refractivity contribution in [3.8, 4) is 5.75 Å². The first kappa shape index (κ1) is 12.7. The Morgan fingerprint density at radius 3 is 2.20 bits per heavy atom. The molecule has 100 valence electrons. The number of phenolic OH excluding ortho intramolecular Hbond substituents is 1. The molecule has 0 saturated carbocycles. The van der Waals surface area contributed by atoms with E-state index in [1.165, 1.54) is 21.9 Å². The summed E-state index contributed by atoms with van der Waals surface area (Å²) in [4.78, 5) is 0. The van der Waals surface area contributed by atoms with Gasteiger partial charge in [0, 0.05) is 5.92 Å². The number of aromatic hydroxyl groups is 1. The van der Waals surface area contributed by atoms with E-state index >= 15 is 0 Å². The number of rotatable bonds is 2. The highest BCUT2D eigenvalue weighted by atomic mass is 16.3. The number of hydrogen-bond donors (Lipinski definition) is 1. The van der Waals surface area contributed by atoms with Gasteiger partial charge < -0.3 is 5.11 Å². The average molecular weight is 262 g/mol. The van der Waals surface area contributed by atoms with Crippen molar-refractivity contribution in [2.75, 3.05) is 0 Å². The van der Waals surface area contributed by atoms with E-state index < -0.39 is 0 Å². The molecule has 20 heavy (non-hydrogen) atoms. The number of benzene rings is 3. The molecule has 0 aliphatic carbocycles. The van der Waals surface area contributed by atoms with E-state index in [9.17, 15) is 5.11 Å². The van der Waals surface area contributed by atoms with Crippen LogP contribution in [0.5, 0.6) is 5.75 Å². The van der Waals surface area contributed by atoms with E-state index in [0.29, 0.717) is 11.7 Å². The standard InChI is InChI=1S/C19H18O/c1-13-11-16(9-10-19(13)20)14(2)17-8-7-15-5-3-4-6-18(15)12-17/h3-12,14,20H,1-2H3. The lowest BCUT2D eigenvalue weighted by atomic mass is 9.90. The number of hydrogen-bond acceptors (Lipinski definition) is 1. The van der Waals surface area contributed by atoms with Gasteiger partial charge in [-0.25, -0.2) is 0 Å². The first-order chi connectivity index (χ1) is 9.65. The van der Waals surface area contributed by atoms with Gasteiger partial charge in [0.1, 0.15) is 5.75 Å². The fourth-order valence-electron chi connectivity index (χ4n) is 2.62. The molecule has 0 bridgehead atoms. The quantitative estimate of drug-likeness (QED) is 0.688. The molecule has 0 amide bonds. The predicted molar refractivity (Wildman–Crippen MR) is 84.3 cm³/mol. The highest BCUT2D eigenvalue weighted by Gasteiger charge is 2.10. The van der Waals surface area contributed by atoms with Gasteiger partial charge in [-0.3, -0.25) is 0 Å². The molecular formula is C19H18O. The molecule has 1 nitrogen and oxygen atoms in total. The van der Waals surface area contributed by atoms with Crippen LogP contribution in [-0.2, 0) is 0 Å². The predicted octanol–water partition coefficient (Wildman–Crippen LogP) is 5.01. The van der Waals surface area contributed by atoms with Crippen molar-refractivity contribution in [2.45, 2.75) is 19.8 Å². The highest BCUT2D eigenvalue weighted by molar-refractivity contribution is 5.83. The van der Waals surface area contributed by atoms with E-state index in [-0.39, 0.29) is 0 Å². The van der Waals surface area contributed by atoms with Crippen LogP contribution in [-0.4, -0.2) is 5.11 Å². The summed E-state index contributed by atoms with van der Waals surface area (Å²) in [5.74, 6) is 0.679. The Labute approximate surface area is 119 Å². The molecule has 0 radical (unpaired) electrons. The Kier molecular flexibility index (Phi) is 3.19. The SMILES string of the molecule is Cc1cc(C(C)c2ccc3ccccc3c2)ccc1O. The Hall–Kier alpha value is -2.28. The molecule has 0 aliphatic rings. The summed E-state index contributed by atoms with van der Waals surface area (Å²) >= 11 is 0. The Balaban J connectivity index is 2.02. The molecule has 3 aromatic rings. The van der Waals surface area contributed by atoms with Gasteiger partial charge in [0.25, 0.3) is 0 Å². The van der Waals surface area contributed by atoms with E-state index in [2.05, 4.69) is 55.5 Å². The molecule has 1 heteroatoms. The maximum Gasteiger partial charge on any atom is 0.118 e. The summed E-state index contributed by atoms with van der Waals surface area (Å²) in [5.41, 5.74) is 3.46. The van der Waals surface area contributed by atoms with Crippen LogP contribution in [0, 0.1) is 6.92 Å². The third kappa shape index (κ3) is 2.27. The summed E-state index contributed by atoms with van der Waals surface area (Å²) < 4.78 is 0. The van der Waals surface area contributed by atoms with Crippen LogP contribution in [0.25, 0.3) is 10.8 Å². The lowest BCUT2D eigenvalue weighted by Crippen LogP contribution is -1.96. The van der Waals surface area contributed by atoms with Crippen molar-refractivity contribution < 1.29 is 5.11 Å². The van der Waals surface area contributed by atoms with Crippen LogP contribution in [0.1, 0.15) is 29.5 Å². The zero-order chi connectivity index (χ0) is 14.1. The summed E-state index contributed by atoms with van der Waals surface area (Å²) in [5, 5.41) is 12.2. The molecule has 1 N–H and O–H groups in total. The first-order valence-electron chi connectivity index (χ1n) is 6.93. The number of aryl methyl sites for hydroxylation is 1. The summed E-state index contributed by atoms with van der Waals surface area (Å²) in [6.07, 6.45) is 0. The van der Waals surface area contributed by atoms with Crippen molar-refractivity contribution in [1.82, 2.24) is 0 Å². The molecule has 0 spiro atoms. The molecule has 1 unspecified atom stereocenters. The van der Waals surface area contributed by atoms with Gasteiger partial charge in [0.05, 0.1) is 0 Å². The minimum atomic E-state index is 0.318. The zero-order valence-electron chi connectivity index (χ0n) is 11.8. The highest BCUT2D eigenvalue weighted by Crippen LogP contribution is 2.29. The van der Waals surface area contributed by atoms with Crippen LogP contribution in [0.15, 0.2) is 60.7 Å². The second kappa shape index (κ2) is 5.01. The molecule has 3 rings (SSSR count). The third-order valence-electron chi connectivity index (χ3n) is 3.99. The van der Waals surface area contributed by atoms with Gasteiger partial charge >= 0.3 is 0 Å². The van der Waals surface area contributed by atoms with Crippen LogP contribution < -0.4 is 0 Å². The van der Waals surface area contributed by atoms with E-state index in [1.54, 1.807) is 6.07 Å². The lowest BCUT2D eigenvalue weighted by Gasteiger charge is -2.14. The normalized spacial score (nSPS) is 12.5. The molecular weight excluding hydrogens is 244 g/mol. The second-order valence-corrected chi connectivity index (χ2v) is 5.37. The number of phenols is 1. The monoisotopic (exact) mass is 262 g/mol. The van der Waals surface area contributed by atoms with Gasteiger partial charge in [-0.2, -0.15) is 0 Å². The van der Waals surface area contributed by atoms with Crippen molar-refractivity contribution in [3.05, 3.63) is 77.4 Å². The van der Waals surface area contributed by atoms with Gasteiger partial charge in [0.2, 0.25) is 0 Å². The molecule has 1 atom stereocenters. The second-order valence-electron chi connectivity index (χ2n) is 5.37. The first-order valence-corrected chi connectivity index (χ1v) is 6.93. The molecule has 0 saturated heterocycles. The van der Waals surface area contributed by atoms with E-state index in [0.717, 1.165) is 5.56 Å². The van der Waals surface area contributed by atoms with Gasteiger partial charge in [-0.05, 0) is 40.5 Å². The zero-order valence-corrected chi connectivity index (χ0v) is 11.8. The molecule has 0 heterocycles. The smallest absolute Gasteiger partial charge is 0.118 e. The Morgan fingerprint density at radius 1 is 0.800 bits per heavy atom. The summed E-state index contributed by atoms with van der Waals surface area (Å²) in [6.45, 7) is 4.14. The topological polar surface area (TPSA) is 20.2 Å². The summed E-state index contributed by atoms with van der Waals surface area (Å²) in [7, 11) is 0. The largest absolute Gasteiger partial charge is 0.508 e. The van der Waals surface area contributed by atoms with Gasteiger partial charge in [0.15, 0.2) is 0 Å². The van der Waals surface area contributed by atoms with E-state index in [4.69, 9.17) is 0 Å². The maximum atomic E-state index is 9.64. The van der Waals surface area contributed by atoms with E-state index in [1.807, 2.05) is 13.0 Å². The average Bonchev–Trinajstić information content (AvgIpc) is 2.49. The van der Waals surface area contributed by atoms with Crippen LogP contribution in [0.3, 0.4) is 0 Å². The molecule has 0 aromatic heterocycles. The minimum absolute atomic E-state index is 0.318.